The Balaban J connectivity index is 2.79. The van der Waals surface area contributed by atoms with E-state index < -0.39 is 5.97 Å². The average molecular weight is 221 g/mol. The first kappa shape index (κ1) is 10.2. The Kier molecular flexibility index (Phi) is 2.15. The average Bonchev–Trinajstić information content (AvgIpc) is 2.54. The van der Waals surface area contributed by atoms with Crippen molar-refractivity contribution in [2.75, 3.05) is 18.6 Å². The van der Waals surface area contributed by atoms with Gasteiger partial charge in [0.1, 0.15) is 17.2 Å². The Morgan fingerprint density at radius 2 is 2.19 bits per heavy atom. The molecule has 0 aliphatic rings. The zero-order valence-electron chi connectivity index (χ0n) is 8.89. The smallest absolute Gasteiger partial charge is 0.343 e. The molecule has 2 heterocycles. The highest BCUT2D eigenvalue weighted by atomic mass is 16.5. The molecule has 7 heteroatoms. The van der Waals surface area contributed by atoms with Gasteiger partial charge in [0.25, 0.3) is 0 Å². The standard InChI is InChI=1S/C9H11N5O2/c1-4-13-6(10)8-12-3-5(9(15)16-2)7(11)14(4)8/h3H,10-11H2,1-2H3. The van der Waals surface area contributed by atoms with Gasteiger partial charge in [0, 0.05) is 6.20 Å². The largest absolute Gasteiger partial charge is 0.465 e. The molecule has 0 aliphatic heterocycles. The number of aryl methyl sites for hydroxylation is 1. The molecule has 0 bridgehead atoms. The predicted octanol–water partition coefficient (Wildman–Crippen LogP) is -0.0113. The third-order valence-corrected chi connectivity index (χ3v) is 2.28. The van der Waals surface area contributed by atoms with E-state index in [1.807, 2.05) is 0 Å². The monoisotopic (exact) mass is 221 g/mol. The second-order valence-electron chi connectivity index (χ2n) is 3.25. The van der Waals surface area contributed by atoms with Crippen LogP contribution in [0.15, 0.2) is 6.20 Å². The van der Waals surface area contributed by atoms with Crippen LogP contribution in [0.4, 0.5) is 11.6 Å². The molecule has 16 heavy (non-hydrogen) atoms. The van der Waals surface area contributed by atoms with Crippen molar-refractivity contribution in [1.29, 1.82) is 0 Å². The zero-order valence-corrected chi connectivity index (χ0v) is 8.89. The summed E-state index contributed by atoms with van der Waals surface area (Å²) >= 11 is 0. The van der Waals surface area contributed by atoms with Gasteiger partial charge < -0.3 is 16.2 Å². The van der Waals surface area contributed by atoms with Crippen molar-refractivity contribution < 1.29 is 9.53 Å². The minimum atomic E-state index is -0.543. The highest BCUT2D eigenvalue weighted by molar-refractivity contribution is 5.94. The number of hydrogen-bond acceptors (Lipinski definition) is 6. The predicted molar refractivity (Wildman–Crippen MR) is 57.9 cm³/mol. The Morgan fingerprint density at radius 3 is 2.81 bits per heavy atom. The summed E-state index contributed by atoms with van der Waals surface area (Å²) in [5.41, 5.74) is 12.1. The van der Waals surface area contributed by atoms with Crippen molar-refractivity contribution in [2.24, 2.45) is 0 Å². The number of hydrogen-bond donors (Lipinski definition) is 2. The number of aromatic nitrogens is 3. The van der Waals surface area contributed by atoms with Crippen LogP contribution in [0.1, 0.15) is 16.2 Å². The van der Waals surface area contributed by atoms with Gasteiger partial charge >= 0.3 is 5.97 Å². The highest BCUT2D eigenvalue weighted by Gasteiger charge is 2.17. The number of fused-ring (bicyclic) bond motifs is 1. The third kappa shape index (κ3) is 1.25. The lowest BCUT2D eigenvalue weighted by molar-refractivity contribution is 0.0601. The molecule has 84 valence electrons. The van der Waals surface area contributed by atoms with Crippen LogP contribution >= 0.6 is 0 Å². The number of nitrogens with two attached hydrogens (primary N) is 2. The van der Waals surface area contributed by atoms with Crippen molar-refractivity contribution >= 4 is 23.3 Å². The van der Waals surface area contributed by atoms with E-state index in [1.54, 1.807) is 6.92 Å². The van der Waals surface area contributed by atoms with Crippen LogP contribution in [0.2, 0.25) is 0 Å². The summed E-state index contributed by atoms with van der Waals surface area (Å²) in [6.07, 6.45) is 1.33. The van der Waals surface area contributed by atoms with Gasteiger partial charge in [-0.2, -0.15) is 0 Å². The van der Waals surface area contributed by atoms with Gasteiger partial charge in [-0.05, 0) is 6.92 Å². The number of carbonyl (C=O) groups excluding carboxylic acids is 1. The molecule has 0 atom stereocenters. The van der Waals surface area contributed by atoms with Crippen molar-refractivity contribution in [3.8, 4) is 0 Å². The Bertz CT molecular complexity index is 575. The number of rotatable bonds is 1. The number of methoxy groups -OCH3 is 1. The zero-order chi connectivity index (χ0) is 11.9. The lowest BCUT2D eigenvalue weighted by atomic mass is 10.3. The first-order chi connectivity index (χ1) is 7.56. The molecular weight excluding hydrogens is 210 g/mol. The van der Waals surface area contributed by atoms with Crippen LogP contribution < -0.4 is 11.5 Å². The molecule has 7 nitrogen and oxygen atoms in total. The normalized spacial score (nSPS) is 10.6. The molecule has 0 radical (unpaired) electrons. The summed E-state index contributed by atoms with van der Waals surface area (Å²) in [5, 5.41) is 0. The molecular formula is C9H11N5O2. The number of imidazole rings is 1. The Labute approximate surface area is 91.0 Å². The van der Waals surface area contributed by atoms with E-state index in [0.29, 0.717) is 11.5 Å². The van der Waals surface area contributed by atoms with E-state index in [2.05, 4.69) is 14.7 Å². The van der Waals surface area contributed by atoms with E-state index in [1.165, 1.54) is 17.7 Å². The summed E-state index contributed by atoms with van der Waals surface area (Å²) in [6.45, 7) is 1.72. The van der Waals surface area contributed by atoms with Crippen LogP contribution in [0, 0.1) is 6.92 Å². The minimum absolute atomic E-state index is 0.190. The van der Waals surface area contributed by atoms with Gasteiger partial charge in [-0.25, -0.2) is 14.8 Å². The quantitative estimate of drug-likeness (QED) is 0.655. The number of esters is 1. The van der Waals surface area contributed by atoms with E-state index in [4.69, 9.17) is 11.5 Å². The number of ether oxygens (including phenoxy) is 1. The molecule has 2 rings (SSSR count). The van der Waals surface area contributed by atoms with Crippen molar-refractivity contribution in [2.45, 2.75) is 6.92 Å². The summed E-state index contributed by atoms with van der Waals surface area (Å²) in [7, 11) is 1.28. The van der Waals surface area contributed by atoms with E-state index in [0.717, 1.165) is 0 Å². The fraction of sp³-hybridized carbons (Fsp3) is 0.222. The molecule has 2 aromatic rings. The van der Waals surface area contributed by atoms with Crippen LogP contribution in [0.3, 0.4) is 0 Å². The highest BCUT2D eigenvalue weighted by Crippen LogP contribution is 2.19. The van der Waals surface area contributed by atoms with Crippen LogP contribution in [-0.2, 0) is 4.74 Å². The van der Waals surface area contributed by atoms with Gasteiger partial charge in [0.15, 0.2) is 11.5 Å². The number of nitrogens with zero attached hydrogens (tertiary/aromatic N) is 3. The summed E-state index contributed by atoms with van der Waals surface area (Å²) < 4.78 is 6.10. The maximum absolute atomic E-state index is 11.4. The lowest BCUT2D eigenvalue weighted by Gasteiger charge is -2.06. The maximum Gasteiger partial charge on any atom is 0.343 e. The molecule has 0 saturated carbocycles. The first-order valence-corrected chi connectivity index (χ1v) is 4.53. The fourth-order valence-electron chi connectivity index (χ4n) is 1.53. The lowest BCUT2D eigenvalue weighted by Crippen LogP contribution is -2.11. The number of nitrogen functional groups attached to an aromatic ring is 2. The van der Waals surface area contributed by atoms with Crippen molar-refractivity contribution in [1.82, 2.24) is 14.4 Å². The fourth-order valence-corrected chi connectivity index (χ4v) is 1.53. The van der Waals surface area contributed by atoms with Crippen LogP contribution in [0.25, 0.3) is 5.65 Å². The van der Waals surface area contributed by atoms with Crippen molar-refractivity contribution in [3.63, 3.8) is 0 Å². The summed E-state index contributed by atoms with van der Waals surface area (Å²) in [5.74, 6) is 0.529. The molecule has 0 spiro atoms. The molecule has 0 saturated heterocycles. The van der Waals surface area contributed by atoms with Crippen LogP contribution in [-0.4, -0.2) is 27.4 Å². The molecule has 0 fully saturated rings. The second kappa shape index (κ2) is 3.37. The minimum Gasteiger partial charge on any atom is -0.465 e. The van der Waals surface area contributed by atoms with E-state index in [-0.39, 0.29) is 17.2 Å². The molecule has 0 aliphatic carbocycles. The Morgan fingerprint density at radius 1 is 1.50 bits per heavy atom. The van der Waals surface area contributed by atoms with Gasteiger partial charge in [0.2, 0.25) is 0 Å². The molecule has 0 unspecified atom stereocenters. The van der Waals surface area contributed by atoms with Gasteiger partial charge in [-0.3, -0.25) is 4.40 Å². The van der Waals surface area contributed by atoms with Gasteiger partial charge in [0.05, 0.1) is 7.11 Å². The molecule has 0 amide bonds. The molecule has 0 aromatic carbocycles. The van der Waals surface area contributed by atoms with Gasteiger partial charge in [-0.1, -0.05) is 0 Å². The SMILES string of the molecule is COC(=O)c1cnc2c(N)nc(C)n2c1N. The Hall–Kier alpha value is -2.31. The number of carbonyl (C=O) groups is 1. The second-order valence-corrected chi connectivity index (χ2v) is 3.25. The van der Waals surface area contributed by atoms with E-state index >= 15 is 0 Å². The van der Waals surface area contributed by atoms with Crippen molar-refractivity contribution in [3.05, 3.63) is 17.6 Å². The third-order valence-electron chi connectivity index (χ3n) is 2.28. The topological polar surface area (TPSA) is 109 Å². The summed E-state index contributed by atoms with van der Waals surface area (Å²) in [4.78, 5) is 19.4. The van der Waals surface area contributed by atoms with Gasteiger partial charge in [-0.15, -0.1) is 0 Å². The number of anilines is 2. The molecule has 4 N–H and O–H groups in total. The molecule has 2 aromatic heterocycles. The maximum atomic E-state index is 11.4. The summed E-state index contributed by atoms with van der Waals surface area (Å²) in [6, 6.07) is 0. The van der Waals surface area contributed by atoms with Crippen LogP contribution in [0.5, 0.6) is 0 Å². The first-order valence-electron chi connectivity index (χ1n) is 4.53. The van der Waals surface area contributed by atoms with E-state index in [9.17, 15) is 4.79 Å².